The van der Waals surface area contributed by atoms with Crippen molar-refractivity contribution in [1.29, 1.82) is 0 Å². The van der Waals surface area contributed by atoms with Crippen LogP contribution in [0.3, 0.4) is 0 Å². The summed E-state index contributed by atoms with van der Waals surface area (Å²) in [6.07, 6.45) is 1.04. The van der Waals surface area contributed by atoms with Crippen molar-refractivity contribution in [2.75, 3.05) is 30.8 Å². The van der Waals surface area contributed by atoms with Gasteiger partial charge in [0.25, 0.3) is 0 Å². The Morgan fingerprint density at radius 1 is 1.21 bits per heavy atom. The number of nitrogens with zero attached hydrogens (tertiary/aromatic N) is 1. The highest BCUT2D eigenvalue weighted by molar-refractivity contribution is 7.92. The molecular weight excluding hydrogens is 416 g/mol. The van der Waals surface area contributed by atoms with Crippen molar-refractivity contribution in [3.63, 3.8) is 0 Å². The second-order valence-corrected chi connectivity index (χ2v) is 8.73. The SMILES string of the molecule is COc1ccc(N(C(C)C(=O)NCCOc2ccccc2C)S(C)(=O)=O)cc1Cl. The maximum atomic E-state index is 12.6. The minimum atomic E-state index is -3.74. The van der Waals surface area contributed by atoms with E-state index in [-0.39, 0.29) is 23.9 Å². The molecule has 0 bridgehead atoms. The summed E-state index contributed by atoms with van der Waals surface area (Å²) >= 11 is 6.12. The number of ether oxygens (including phenoxy) is 2. The van der Waals surface area contributed by atoms with E-state index in [1.807, 2.05) is 31.2 Å². The van der Waals surface area contributed by atoms with Crippen molar-refractivity contribution in [1.82, 2.24) is 5.32 Å². The quantitative estimate of drug-likeness (QED) is 0.606. The number of anilines is 1. The molecule has 0 fully saturated rings. The number of halogens is 1. The van der Waals surface area contributed by atoms with E-state index >= 15 is 0 Å². The standard InChI is InChI=1S/C20H25ClN2O5S/c1-14-7-5-6-8-18(14)28-12-11-22-20(24)15(2)23(29(4,25)26)16-9-10-19(27-3)17(21)13-16/h5-10,13,15H,11-12H2,1-4H3,(H,22,24). The van der Waals surface area contributed by atoms with Crippen LogP contribution in [0.15, 0.2) is 42.5 Å². The number of sulfonamides is 1. The van der Waals surface area contributed by atoms with Crippen molar-refractivity contribution in [3.05, 3.63) is 53.1 Å². The smallest absolute Gasteiger partial charge is 0.243 e. The molecule has 0 aliphatic rings. The summed E-state index contributed by atoms with van der Waals surface area (Å²) in [5, 5.41) is 2.95. The highest BCUT2D eigenvalue weighted by Gasteiger charge is 2.29. The third-order valence-corrected chi connectivity index (χ3v) is 5.77. The zero-order valence-corrected chi connectivity index (χ0v) is 18.4. The molecule has 158 valence electrons. The highest BCUT2D eigenvalue weighted by Crippen LogP contribution is 2.31. The van der Waals surface area contributed by atoms with Gasteiger partial charge in [0.1, 0.15) is 24.1 Å². The Hall–Kier alpha value is -2.45. The number of benzene rings is 2. The van der Waals surface area contributed by atoms with Gasteiger partial charge in [-0.1, -0.05) is 29.8 Å². The topological polar surface area (TPSA) is 84.9 Å². The molecule has 0 spiro atoms. The van der Waals surface area contributed by atoms with Crippen LogP contribution in [0.1, 0.15) is 12.5 Å². The first-order valence-electron chi connectivity index (χ1n) is 8.94. The van der Waals surface area contributed by atoms with Crippen LogP contribution in [0.2, 0.25) is 5.02 Å². The van der Waals surface area contributed by atoms with E-state index in [9.17, 15) is 13.2 Å². The largest absolute Gasteiger partial charge is 0.495 e. The van der Waals surface area contributed by atoms with Crippen molar-refractivity contribution in [3.8, 4) is 11.5 Å². The van der Waals surface area contributed by atoms with Gasteiger partial charge in [-0.3, -0.25) is 9.10 Å². The third-order valence-electron chi connectivity index (χ3n) is 4.23. The number of aryl methyl sites for hydroxylation is 1. The lowest BCUT2D eigenvalue weighted by Crippen LogP contribution is -2.48. The lowest BCUT2D eigenvalue weighted by atomic mass is 10.2. The molecule has 0 aliphatic carbocycles. The van der Waals surface area contributed by atoms with Crippen LogP contribution < -0.4 is 19.1 Å². The summed E-state index contributed by atoms with van der Waals surface area (Å²) in [5.41, 5.74) is 1.27. The van der Waals surface area contributed by atoms with Crippen LogP contribution in [0.25, 0.3) is 0 Å². The molecule has 0 aliphatic heterocycles. The molecule has 2 rings (SSSR count). The summed E-state index contributed by atoms with van der Waals surface area (Å²) in [5.74, 6) is 0.700. The number of hydrogen-bond donors (Lipinski definition) is 1. The van der Waals surface area contributed by atoms with E-state index in [0.717, 1.165) is 21.9 Å². The molecule has 1 unspecified atom stereocenters. The summed E-state index contributed by atoms with van der Waals surface area (Å²) < 4.78 is 36.4. The average molecular weight is 441 g/mol. The molecule has 0 heterocycles. The number of carbonyl (C=O) groups is 1. The number of carbonyl (C=O) groups excluding carboxylic acids is 1. The molecule has 0 aromatic heterocycles. The number of nitrogens with one attached hydrogen (secondary N) is 1. The van der Waals surface area contributed by atoms with E-state index in [0.29, 0.717) is 5.75 Å². The molecule has 2 aromatic rings. The molecule has 0 saturated carbocycles. The molecule has 1 atom stereocenters. The van der Waals surface area contributed by atoms with Gasteiger partial charge in [0.15, 0.2) is 0 Å². The van der Waals surface area contributed by atoms with Crippen molar-refractivity contribution < 1.29 is 22.7 Å². The zero-order valence-electron chi connectivity index (χ0n) is 16.8. The van der Waals surface area contributed by atoms with E-state index in [1.165, 1.54) is 26.2 Å². The third kappa shape index (κ3) is 6.01. The van der Waals surface area contributed by atoms with Gasteiger partial charge in [-0.25, -0.2) is 8.42 Å². The Kier molecular flexibility index (Phi) is 7.75. The molecule has 0 saturated heterocycles. The van der Waals surface area contributed by atoms with Crippen LogP contribution in [-0.2, 0) is 14.8 Å². The van der Waals surface area contributed by atoms with Crippen LogP contribution in [0.5, 0.6) is 11.5 Å². The second-order valence-electron chi connectivity index (χ2n) is 6.46. The Bertz CT molecular complexity index is 965. The van der Waals surface area contributed by atoms with Crippen LogP contribution in [0.4, 0.5) is 5.69 Å². The first kappa shape index (κ1) is 22.8. The predicted octanol–water partition coefficient (Wildman–Crippen LogP) is 3.01. The van der Waals surface area contributed by atoms with Crippen molar-refractivity contribution in [2.45, 2.75) is 19.9 Å². The van der Waals surface area contributed by atoms with Gasteiger partial charge < -0.3 is 14.8 Å². The fourth-order valence-corrected chi connectivity index (χ4v) is 4.22. The summed E-state index contributed by atoms with van der Waals surface area (Å²) in [6, 6.07) is 11.1. The molecule has 0 radical (unpaired) electrons. The molecule has 1 amide bonds. The first-order valence-corrected chi connectivity index (χ1v) is 11.2. The molecular formula is C20H25ClN2O5S. The predicted molar refractivity (Wildman–Crippen MR) is 114 cm³/mol. The Labute approximate surface area is 176 Å². The molecule has 29 heavy (non-hydrogen) atoms. The lowest BCUT2D eigenvalue weighted by Gasteiger charge is -2.28. The van der Waals surface area contributed by atoms with E-state index in [2.05, 4.69) is 5.32 Å². The van der Waals surface area contributed by atoms with Crippen molar-refractivity contribution >= 4 is 33.2 Å². The molecule has 1 N–H and O–H groups in total. The summed E-state index contributed by atoms with van der Waals surface area (Å²) in [4.78, 5) is 12.6. The van der Waals surface area contributed by atoms with Gasteiger partial charge in [-0.15, -0.1) is 0 Å². The molecule has 9 heteroatoms. The van der Waals surface area contributed by atoms with Crippen LogP contribution in [0, 0.1) is 6.92 Å². The fourth-order valence-electron chi connectivity index (χ4n) is 2.80. The Morgan fingerprint density at radius 3 is 2.48 bits per heavy atom. The van der Waals surface area contributed by atoms with Gasteiger partial charge >= 0.3 is 0 Å². The maximum Gasteiger partial charge on any atom is 0.243 e. The normalized spacial score (nSPS) is 12.2. The number of methoxy groups -OCH3 is 1. The van der Waals surface area contributed by atoms with Gasteiger partial charge in [-0.2, -0.15) is 0 Å². The lowest BCUT2D eigenvalue weighted by molar-refractivity contribution is -0.121. The van der Waals surface area contributed by atoms with Crippen molar-refractivity contribution in [2.24, 2.45) is 0 Å². The number of hydrogen-bond acceptors (Lipinski definition) is 5. The zero-order chi connectivity index (χ0) is 21.6. The number of rotatable bonds is 9. The van der Waals surface area contributed by atoms with Gasteiger partial charge in [-0.05, 0) is 43.7 Å². The van der Waals surface area contributed by atoms with Crippen LogP contribution >= 0.6 is 11.6 Å². The Balaban J connectivity index is 2.05. The number of amides is 1. The maximum absolute atomic E-state index is 12.6. The summed E-state index contributed by atoms with van der Waals surface area (Å²) in [7, 11) is -2.27. The Morgan fingerprint density at radius 2 is 1.90 bits per heavy atom. The molecule has 2 aromatic carbocycles. The molecule has 7 nitrogen and oxygen atoms in total. The number of para-hydroxylation sites is 1. The van der Waals surface area contributed by atoms with E-state index in [4.69, 9.17) is 21.1 Å². The minimum absolute atomic E-state index is 0.235. The monoisotopic (exact) mass is 440 g/mol. The van der Waals surface area contributed by atoms with Gasteiger partial charge in [0.05, 0.1) is 30.6 Å². The van der Waals surface area contributed by atoms with E-state index in [1.54, 1.807) is 6.07 Å². The first-order chi connectivity index (χ1) is 13.6. The fraction of sp³-hybridized carbons (Fsp3) is 0.350. The summed E-state index contributed by atoms with van der Waals surface area (Å²) in [6.45, 7) is 3.94. The highest BCUT2D eigenvalue weighted by atomic mass is 35.5. The van der Waals surface area contributed by atoms with E-state index < -0.39 is 22.0 Å². The second kappa shape index (κ2) is 9.84. The van der Waals surface area contributed by atoms with Gasteiger partial charge in [0.2, 0.25) is 15.9 Å². The minimum Gasteiger partial charge on any atom is -0.495 e. The van der Waals surface area contributed by atoms with Gasteiger partial charge in [0, 0.05) is 0 Å². The average Bonchev–Trinajstić information content (AvgIpc) is 2.65. The van der Waals surface area contributed by atoms with Crippen LogP contribution in [-0.4, -0.2) is 46.9 Å².